The average Bonchev–Trinajstić information content (AvgIpc) is 2.84. The summed E-state index contributed by atoms with van der Waals surface area (Å²) in [6.45, 7) is 0.0322. The molecule has 0 aromatic heterocycles. The number of methoxy groups -OCH3 is 1. The van der Waals surface area contributed by atoms with Gasteiger partial charge in [-0.3, -0.25) is 4.79 Å². The molecule has 1 unspecified atom stereocenters. The maximum Gasteiger partial charge on any atom is 0.339 e. The number of esters is 1. The predicted molar refractivity (Wildman–Crippen MR) is 77.9 cm³/mol. The lowest BCUT2D eigenvalue weighted by molar-refractivity contribution is -0.117. The summed E-state index contributed by atoms with van der Waals surface area (Å²) in [7, 11) is -3.48. The zero-order valence-corrected chi connectivity index (χ0v) is 13.0. The molecular weight excluding hydrogens is 327 g/mol. The maximum absolute atomic E-state index is 12.7. The van der Waals surface area contributed by atoms with Gasteiger partial charge in [0.2, 0.25) is 5.91 Å². The smallest absolute Gasteiger partial charge is 0.339 e. The third kappa shape index (κ3) is 3.84. The number of hydrogen-bond donors (Lipinski definition) is 0. The quantitative estimate of drug-likeness (QED) is 0.598. The lowest BCUT2D eigenvalue weighted by atomic mass is 10.1. The maximum atomic E-state index is 12.7. The molecule has 9 heteroatoms. The highest BCUT2D eigenvalue weighted by molar-refractivity contribution is 7.86. The van der Waals surface area contributed by atoms with Crippen molar-refractivity contribution in [3.8, 4) is 6.07 Å². The van der Waals surface area contributed by atoms with Gasteiger partial charge in [-0.05, 0) is 18.2 Å². The molecule has 0 aliphatic carbocycles. The molecule has 1 amide bonds. The van der Waals surface area contributed by atoms with Crippen molar-refractivity contribution >= 4 is 27.8 Å². The van der Waals surface area contributed by atoms with Gasteiger partial charge in [0, 0.05) is 24.6 Å². The van der Waals surface area contributed by atoms with Gasteiger partial charge in [0.1, 0.15) is 6.07 Å². The Hall–Kier alpha value is -2.47. The van der Waals surface area contributed by atoms with Crippen LogP contribution in [-0.4, -0.2) is 39.7 Å². The number of carbonyl (C=O) groups is 2. The number of nitriles is 1. The van der Waals surface area contributed by atoms with Crippen molar-refractivity contribution in [1.29, 1.82) is 5.26 Å². The Bertz CT molecular complexity index is 800. The van der Waals surface area contributed by atoms with E-state index in [4.69, 9.17) is 5.26 Å². The number of rotatable bonds is 4. The SMILES string of the molecule is COC(=O)c1ccc(N2CC(CS(=O)(=O)F)CC2=O)cc1C#N. The van der Waals surface area contributed by atoms with E-state index in [2.05, 4.69) is 4.74 Å². The number of amides is 1. The van der Waals surface area contributed by atoms with Gasteiger partial charge >= 0.3 is 16.2 Å². The lowest BCUT2D eigenvalue weighted by Gasteiger charge is -2.17. The Kier molecular flexibility index (Phi) is 4.65. The molecule has 1 aliphatic heterocycles. The molecular formula is C14H13FN2O5S. The molecule has 1 saturated heterocycles. The number of halogens is 1. The van der Waals surface area contributed by atoms with Crippen LogP contribution in [0.15, 0.2) is 18.2 Å². The van der Waals surface area contributed by atoms with E-state index in [1.807, 2.05) is 6.07 Å². The monoisotopic (exact) mass is 340 g/mol. The molecule has 0 spiro atoms. The van der Waals surface area contributed by atoms with Crippen LogP contribution in [0, 0.1) is 17.2 Å². The standard InChI is InChI=1S/C14H13FN2O5S/c1-22-14(19)12-3-2-11(5-10(12)6-16)17-7-9(4-13(17)18)8-23(15,20)21/h2-3,5,9H,4,7-8H2,1H3. The topological polar surface area (TPSA) is 105 Å². The second kappa shape index (κ2) is 6.34. The van der Waals surface area contributed by atoms with Gasteiger partial charge in [-0.2, -0.15) is 13.7 Å². The zero-order valence-electron chi connectivity index (χ0n) is 12.2. The van der Waals surface area contributed by atoms with E-state index in [1.54, 1.807) is 0 Å². The Balaban J connectivity index is 2.27. The molecule has 0 radical (unpaired) electrons. The largest absolute Gasteiger partial charge is 0.465 e. The number of benzene rings is 1. The molecule has 1 aromatic rings. The molecule has 2 rings (SSSR count). The van der Waals surface area contributed by atoms with E-state index in [0.717, 1.165) is 0 Å². The fourth-order valence-electron chi connectivity index (χ4n) is 2.50. The molecule has 0 bridgehead atoms. The van der Waals surface area contributed by atoms with E-state index >= 15 is 0 Å². The normalized spacial score (nSPS) is 17.9. The molecule has 122 valence electrons. The number of ether oxygens (including phenoxy) is 1. The van der Waals surface area contributed by atoms with Gasteiger partial charge in [-0.1, -0.05) is 0 Å². The van der Waals surface area contributed by atoms with E-state index in [0.29, 0.717) is 5.69 Å². The van der Waals surface area contributed by atoms with Crippen LogP contribution in [0.3, 0.4) is 0 Å². The van der Waals surface area contributed by atoms with Gasteiger partial charge in [-0.15, -0.1) is 3.89 Å². The summed E-state index contributed by atoms with van der Waals surface area (Å²) in [5.74, 6) is -2.42. The molecule has 1 aromatic carbocycles. The van der Waals surface area contributed by atoms with Gasteiger partial charge in [0.05, 0.1) is 24.0 Å². The summed E-state index contributed by atoms with van der Waals surface area (Å²) in [6, 6.07) is 6.00. The van der Waals surface area contributed by atoms with Gasteiger partial charge < -0.3 is 9.64 Å². The van der Waals surface area contributed by atoms with Crippen LogP contribution >= 0.6 is 0 Å². The van der Waals surface area contributed by atoms with Crippen molar-refractivity contribution in [3.05, 3.63) is 29.3 Å². The molecule has 1 fully saturated rings. The highest BCUT2D eigenvalue weighted by Crippen LogP contribution is 2.28. The van der Waals surface area contributed by atoms with E-state index in [-0.39, 0.29) is 30.0 Å². The van der Waals surface area contributed by atoms with Crippen LogP contribution in [0.5, 0.6) is 0 Å². The zero-order chi connectivity index (χ0) is 17.2. The van der Waals surface area contributed by atoms with Crippen LogP contribution in [-0.2, 0) is 19.8 Å². The number of carbonyl (C=O) groups excluding carboxylic acids is 2. The molecule has 0 N–H and O–H groups in total. The Morgan fingerprint density at radius 2 is 2.22 bits per heavy atom. The Labute approximate surface area is 132 Å². The fraction of sp³-hybridized carbons (Fsp3) is 0.357. The van der Waals surface area contributed by atoms with Gasteiger partial charge in [0.25, 0.3) is 0 Å². The minimum absolute atomic E-state index is 0.0312. The highest BCUT2D eigenvalue weighted by atomic mass is 32.3. The van der Waals surface area contributed by atoms with Crippen molar-refractivity contribution in [2.75, 3.05) is 24.3 Å². The van der Waals surface area contributed by atoms with Crippen molar-refractivity contribution in [2.45, 2.75) is 6.42 Å². The first-order valence-electron chi connectivity index (χ1n) is 6.60. The molecule has 1 atom stereocenters. The minimum Gasteiger partial charge on any atom is -0.465 e. The highest BCUT2D eigenvalue weighted by Gasteiger charge is 2.34. The lowest BCUT2D eigenvalue weighted by Crippen LogP contribution is -2.25. The van der Waals surface area contributed by atoms with Gasteiger partial charge in [0.15, 0.2) is 0 Å². The summed E-state index contributed by atoms with van der Waals surface area (Å²) in [6.07, 6.45) is -0.0935. The minimum atomic E-state index is -4.66. The molecule has 23 heavy (non-hydrogen) atoms. The van der Waals surface area contributed by atoms with Gasteiger partial charge in [-0.25, -0.2) is 4.79 Å². The third-order valence-electron chi connectivity index (χ3n) is 3.48. The Morgan fingerprint density at radius 3 is 2.78 bits per heavy atom. The van der Waals surface area contributed by atoms with Crippen molar-refractivity contribution in [2.24, 2.45) is 5.92 Å². The first-order valence-corrected chi connectivity index (χ1v) is 8.15. The molecule has 0 saturated carbocycles. The van der Waals surface area contributed by atoms with E-state index < -0.39 is 27.9 Å². The van der Waals surface area contributed by atoms with Crippen molar-refractivity contribution in [1.82, 2.24) is 0 Å². The summed E-state index contributed by atoms with van der Waals surface area (Å²) < 4.78 is 38.7. The second-order valence-electron chi connectivity index (χ2n) is 5.11. The number of nitrogens with zero attached hydrogens (tertiary/aromatic N) is 2. The summed E-state index contributed by atoms with van der Waals surface area (Å²) >= 11 is 0. The second-order valence-corrected chi connectivity index (χ2v) is 6.52. The average molecular weight is 340 g/mol. The van der Waals surface area contributed by atoms with E-state index in [9.17, 15) is 21.9 Å². The van der Waals surface area contributed by atoms with Crippen LogP contribution in [0.1, 0.15) is 22.3 Å². The van der Waals surface area contributed by atoms with Crippen molar-refractivity contribution < 1.29 is 26.6 Å². The third-order valence-corrected chi connectivity index (χ3v) is 4.35. The first-order chi connectivity index (χ1) is 10.7. The molecule has 7 nitrogen and oxygen atoms in total. The fourth-order valence-corrected chi connectivity index (χ4v) is 3.29. The first kappa shape index (κ1) is 16.9. The summed E-state index contributed by atoms with van der Waals surface area (Å²) in [5, 5.41) is 9.11. The Morgan fingerprint density at radius 1 is 1.52 bits per heavy atom. The number of hydrogen-bond acceptors (Lipinski definition) is 6. The van der Waals surface area contributed by atoms with Crippen LogP contribution in [0.2, 0.25) is 0 Å². The predicted octanol–water partition coefficient (Wildman–Crippen LogP) is 0.997. The number of anilines is 1. The van der Waals surface area contributed by atoms with Crippen molar-refractivity contribution in [3.63, 3.8) is 0 Å². The van der Waals surface area contributed by atoms with Crippen LogP contribution < -0.4 is 4.90 Å². The summed E-state index contributed by atoms with van der Waals surface area (Å²) in [5.41, 5.74) is 0.440. The van der Waals surface area contributed by atoms with Crippen LogP contribution in [0.4, 0.5) is 9.57 Å². The molecule has 1 heterocycles. The van der Waals surface area contributed by atoms with E-state index in [1.165, 1.54) is 30.2 Å². The summed E-state index contributed by atoms with van der Waals surface area (Å²) in [4.78, 5) is 24.8. The van der Waals surface area contributed by atoms with Crippen LogP contribution in [0.25, 0.3) is 0 Å². The molecule has 1 aliphatic rings.